The third-order valence-corrected chi connectivity index (χ3v) is 8.94. The lowest BCUT2D eigenvalue weighted by Gasteiger charge is -2.31. The largest absolute Gasteiger partial charge is 0.352 e. The van der Waals surface area contributed by atoms with Gasteiger partial charge in [0.25, 0.3) is 0 Å². The van der Waals surface area contributed by atoms with Gasteiger partial charge in [-0.25, -0.2) is 8.42 Å². The van der Waals surface area contributed by atoms with Crippen molar-refractivity contribution in [1.82, 2.24) is 14.5 Å². The number of benzene rings is 2. The van der Waals surface area contributed by atoms with Crippen molar-refractivity contribution in [3.63, 3.8) is 0 Å². The van der Waals surface area contributed by atoms with E-state index in [1.54, 1.807) is 16.4 Å². The summed E-state index contributed by atoms with van der Waals surface area (Å²) in [7, 11) is -3.43. The van der Waals surface area contributed by atoms with E-state index in [4.69, 9.17) is 0 Å². The molecule has 8 heteroatoms. The van der Waals surface area contributed by atoms with Crippen LogP contribution in [-0.2, 0) is 32.6 Å². The lowest BCUT2D eigenvalue weighted by molar-refractivity contribution is -0.135. The number of hydrogen-bond donors (Lipinski definition) is 1. The van der Waals surface area contributed by atoms with E-state index >= 15 is 0 Å². The number of amides is 2. The minimum Gasteiger partial charge on any atom is -0.352 e. The van der Waals surface area contributed by atoms with Gasteiger partial charge in [-0.2, -0.15) is 4.31 Å². The summed E-state index contributed by atoms with van der Waals surface area (Å²) >= 11 is 0. The Hall–Kier alpha value is -2.71. The average molecular weight is 498 g/mol. The SMILES string of the molecule is O=C(NCc1ccccc1)C1CCN(C(=O)CCc2ccc(S(=O)(=O)N3CCCCC3)cc2)CC1. The Balaban J connectivity index is 1.20. The predicted octanol–water partition coefficient (Wildman–Crippen LogP) is 3.35. The molecule has 0 unspecified atom stereocenters. The zero-order valence-electron chi connectivity index (χ0n) is 20.2. The Labute approximate surface area is 208 Å². The molecule has 0 bridgehead atoms. The van der Waals surface area contributed by atoms with Gasteiger partial charge in [0.1, 0.15) is 0 Å². The molecule has 7 nitrogen and oxygen atoms in total. The molecule has 2 aliphatic heterocycles. The van der Waals surface area contributed by atoms with Gasteiger partial charge in [-0.1, -0.05) is 48.9 Å². The predicted molar refractivity (Wildman–Crippen MR) is 135 cm³/mol. The Morgan fingerprint density at radius 2 is 1.49 bits per heavy atom. The molecule has 0 radical (unpaired) electrons. The van der Waals surface area contributed by atoms with Crippen LogP contribution in [0.15, 0.2) is 59.5 Å². The van der Waals surface area contributed by atoms with Gasteiger partial charge in [0.05, 0.1) is 4.90 Å². The molecule has 2 aromatic rings. The number of sulfonamides is 1. The molecule has 1 N–H and O–H groups in total. The van der Waals surface area contributed by atoms with Crippen LogP contribution < -0.4 is 5.32 Å². The molecule has 0 aliphatic carbocycles. The topological polar surface area (TPSA) is 86.8 Å². The van der Waals surface area contributed by atoms with Gasteiger partial charge in [0, 0.05) is 45.1 Å². The molecule has 0 spiro atoms. The number of carbonyl (C=O) groups excluding carboxylic acids is 2. The van der Waals surface area contributed by atoms with E-state index in [2.05, 4.69) is 5.32 Å². The molecular weight excluding hydrogens is 462 g/mol. The highest BCUT2D eigenvalue weighted by Crippen LogP contribution is 2.22. The van der Waals surface area contributed by atoms with Gasteiger partial charge in [-0.05, 0) is 55.4 Å². The summed E-state index contributed by atoms with van der Waals surface area (Å²) in [6.45, 7) is 2.88. The third kappa shape index (κ3) is 6.70. The van der Waals surface area contributed by atoms with Crippen LogP contribution in [0, 0.1) is 5.92 Å². The first-order chi connectivity index (χ1) is 16.9. The van der Waals surface area contributed by atoms with E-state index in [9.17, 15) is 18.0 Å². The summed E-state index contributed by atoms with van der Waals surface area (Å²) in [4.78, 5) is 27.4. The molecule has 35 heavy (non-hydrogen) atoms. The van der Waals surface area contributed by atoms with Crippen molar-refractivity contribution in [2.24, 2.45) is 5.92 Å². The summed E-state index contributed by atoms with van der Waals surface area (Å²) in [6.07, 6.45) is 5.20. The van der Waals surface area contributed by atoms with Crippen LogP contribution >= 0.6 is 0 Å². The van der Waals surface area contributed by atoms with Crippen LogP contribution in [0.1, 0.15) is 49.7 Å². The Kier molecular flexibility index (Phi) is 8.57. The second kappa shape index (κ2) is 11.8. The van der Waals surface area contributed by atoms with Crippen molar-refractivity contribution in [1.29, 1.82) is 0 Å². The molecule has 4 rings (SSSR count). The Morgan fingerprint density at radius 3 is 2.14 bits per heavy atom. The maximum atomic E-state index is 12.8. The van der Waals surface area contributed by atoms with Gasteiger partial charge in [0.15, 0.2) is 0 Å². The van der Waals surface area contributed by atoms with Crippen molar-refractivity contribution in [3.8, 4) is 0 Å². The summed E-state index contributed by atoms with van der Waals surface area (Å²) in [5.41, 5.74) is 2.02. The summed E-state index contributed by atoms with van der Waals surface area (Å²) in [6, 6.07) is 16.8. The highest BCUT2D eigenvalue weighted by Gasteiger charge is 2.28. The van der Waals surface area contributed by atoms with Crippen LogP contribution in [0.25, 0.3) is 0 Å². The van der Waals surface area contributed by atoms with E-state index in [-0.39, 0.29) is 17.7 Å². The first kappa shape index (κ1) is 25.4. The number of hydrogen-bond acceptors (Lipinski definition) is 4. The lowest BCUT2D eigenvalue weighted by atomic mass is 9.95. The number of piperidine rings is 2. The number of carbonyl (C=O) groups is 2. The Bertz CT molecular complexity index is 1090. The van der Waals surface area contributed by atoms with Gasteiger partial charge in [-0.15, -0.1) is 0 Å². The number of aryl methyl sites for hydroxylation is 1. The first-order valence-corrected chi connectivity index (χ1v) is 14.1. The van der Waals surface area contributed by atoms with Crippen molar-refractivity contribution >= 4 is 21.8 Å². The highest BCUT2D eigenvalue weighted by atomic mass is 32.2. The fourth-order valence-corrected chi connectivity index (χ4v) is 6.33. The van der Waals surface area contributed by atoms with Crippen molar-refractivity contribution in [3.05, 3.63) is 65.7 Å². The van der Waals surface area contributed by atoms with Gasteiger partial charge >= 0.3 is 0 Å². The normalized spacial score (nSPS) is 17.8. The van der Waals surface area contributed by atoms with Crippen molar-refractivity contribution in [2.75, 3.05) is 26.2 Å². The standard InChI is InChI=1S/C27H35N3O4S/c31-26(29-19-15-24(16-20-29)27(32)28-21-23-7-3-1-4-8-23)14-11-22-9-12-25(13-10-22)35(33,34)30-17-5-2-6-18-30/h1,3-4,7-10,12-13,24H,2,5-6,11,14-21H2,(H,28,32). The second-order valence-corrected chi connectivity index (χ2v) is 11.4. The fourth-order valence-electron chi connectivity index (χ4n) is 4.81. The van der Waals surface area contributed by atoms with Crippen LogP contribution in [-0.4, -0.2) is 55.6 Å². The Morgan fingerprint density at radius 1 is 0.829 bits per heavy atom. The van der Waals surface area contributed by atoms with Gasteiger partial charge in [-0.3, -0.25) is 9.59 Å². The molecule has 0 atom stereocenters. The number of rotatable bonds is 8. The maximum Gasteiger partial charge on any atom is 0.243 e. The van der Waals surface area contributed by atoms with E-state index < -0.39 is 10.0 Å². The van der Waals surface area contributed by atoms with Crippen LogP contribution in [0.4, 0.5) is 0 Å². The van der Waals surface area contributed by atoms with Crippen LogP contribution in [0.3, 0.4) is 0 Å². The second-order valence-electron chi connectivity index (χ2n) is 9.47. The monoisotopic (exact) mass is 497 g/mol. The van der Waals surface area contributed by atoms with Crippen molar-refractivity contribution < 1.29 is 18.0 Å². The molecule has 0 aromatic heterocycles. The smallest absolute Gasteiger partial charge is 0.243 e. The number of likely N-dealkylation sites (tertiary alicyclic amines) is 1. The van der Waals surface area contributed by atoms with Crippen molar-refractivity contribution in [2.45, 2.75) is 56.4 Å². The quantitative estimate of drug-likeness (QED) is 0.606. The third-order valence-electron chi connectivity index (χ3n) is 7.03. The first-order valence-electron chi connectivity index (χ1n) is 12.6. The number of nitrogens with one attached hydrogen (secondary N) is 1. The van der Waals surface area contributed by atoms with E-state index in [1.165, 1.54) is 0 Å². The molecule has 2 fully saturated rings. The highest BCUT2D eigenvalue weighted by molar-refractivity contribution is 7.89. The molecule has 188 valence electrons. The molecule has 2 amide bonds. The molecule has 0 saturated carbocycles. The zero-order valence-corrected chi connectivity index (χ0v) is 21.0. The minimum absolute atomic E-state index is 0.0561. The number of nitrogens with zero attached hydrogens (tertiary/aromatic N) is 2. The summed E-state index contributed by atoms with van der Waals surface area (Å²) in [5.74, 6) is 0.0795. The molecule has 2 aromatic carbocycles. The summed E-state index contributed by atoms with van der Waals surface area (Å²) < 4.78 is 27.2. The molecule has 2 saturated heterocycles. The maximum absolute atomic E-state index is 12.8. The van der Waals surface area contributed by atoms with Crippen LogP contribution in [0.5, 0.6) is 0 Å². The minimum atomic E-state index is -3.43. The van der Waals surface area contributed by atoms with E-state index in [1.807, 2.05) is 47.4 Å². The van der Waals surface area contributed by atoms with Crippen LogP contribution in [0.2, 0.25) is 0 Å². The molecule has 2 heterocycles. The zero-order chi connectivity index (χ0) is 24.7. The summed E-state index contributed by atoms with van der Waals surface area (Å²) in [5, 5.41) is 3.01. The molecule has 2 aliphatic rings. The molecular formula is C27H35N3O4S. The average Bonchev–Trinajstić information content (AvgIpc) is 2.91. The van der Waals surface area contributed by atoms with Gasteiger partial charge in [0.2, 0.25) is 21.8 Å². The van der Waals surface area contributed by atoms with Gasteiger partial charge < -0.3 is 10.2 Å². The van der Waals surface area contributed by atoms with E-state index in [0.29, 0.717) is 63.3 Å². The van der Waals surface area contributed by atoms with E-state index in [0.717, 1.165) is 30.4 Å². The lowest BCUT2D eigenvalue weighted by Crippen LogP contribution is -2.43. The fraction of sp³-hybridized carbons (Fsp3) is 0.481.